The summed E-state index contributed by atoms with van der Waals surface area (Å²) >= 11 is 3.41. The number of thiazole rings is 1. The number of hydrogen-bond donors (Lipinski definition) is 1. The fourth-order valence-electron chi connectivity index (χ4n) is 1.78. The molecule has 0 atom stereocenters. The highest BCUT2D eigenvalue weighted by Crippen LogP contribution is 2.25. The number of nitrogens with one attached hydrogen (secondary N) is 1. The molecule has 5 heteroatoms. The molecule has 0 bridgehead atoms. The number of aryl methyl sites for hydroxylation is 1. The van der Waals surface area contributed by atoms with Crippen molar-refractivity contribution < 1.29 is 4.79 Å². The maximum absolute atomic E-state index is 11.9. The molecule has 21 heavy (non-hydrogen) atoms. The van der Waals surface area contributed by atoms with Gasteiger partial charge in [-0.25, -0.2) is 4.98 Å². The smallest absolute Gasteiger partial charge is 0.251 e. The lowest BCUT2D eigenvalue weighted by Gasteiger charge is -2.05. The topological polar surface area (TPSA) is 42.0 Å². The Kier molecular flexibility index (Phi) is 6.26. The van der Waals surface area contributed by atoms with Crippen LogP contribution >= 0.6 is 23.1 Å². The summed E-state index contributed by atoms with van der Waals surface area (Å²) in [7, 11) is 0. The van der Waals surface area contributed by atoms with Gasteiger partial charge in [-0.15, -0.1) is 11.3 Å². The Bertz CT molecular complexity index is 578. The predicted octanol–water partition coefficient (Wildman–Crippen LogP) is 4.27. The van der Waals surface area contributed by atoms with Gasteiger partial charge in [-0.1, -0.05) is 37.2 Å². The van der Waals surface area contributed by atoms with Crippen molar-refractivity contribution in [1.82, 2.24) is 10.3 Å². The zero-order chi connectivity index (χ0) is 15.1. The normalized spacial score (nSPS) is 10.6. The lowest BCUT2D eigenvalue weighted by Crippen LogP contribution is -2.24. The highest BCUT2D eigenvalue weighted by Gasteiger charge is 2.05. The van der Waals surface area contributed by atoms with Crippen LogP contribution < -0.4 is 5.32 Å². The van der Waals surface area contributed by atoms with Gasteiger partial charge in [0.25, 0.3) is 5.91 Å². The van der Waals surface area contributed by atoms with Crippen molar-refractivity contribution in [3.63, 3.8) is 0 Å². The molecule has 2 rings (SSSR count). The van der Waals surface area contributed by atoms with Crippen molar-refractivity contribution in [2.75, 3.05) is 6.54 Å². The van der Waals surface area contributed by atoms with Crippen LogP contribution in [0.2, 0.25) is 0 Å². The number of hydrogen-bond acceptors (Lipinski definition) is 4. The van der Waals surface area contributed by atoms with Crippen LogP contribution in [0.1, 0.15) is 41.4 Å². The van der Waals surface area contributed by atoms with Crippen LogP contribution in [-0.4, -0.2) is 17.4 Å². The summed E-state index contributed by atoms with van der Waals surface area (Å²) in [6.07, 6.45) is 2.11. The van der Waals surface area contributed by atoms with Crippen LogP contribution in [0.3, 0.4) is 0 Å². The van der Waals surface area contributed by atoms with Crippen molar-refractivity contribution in [3.05, 3.63) is 46.5 Å². The van der Waals surface area contributed by atoms with E-state index in [1.165, 1.54) is 5.56 Å². The Morgan fingerprint density at radius 2 is 2.10 bits per heavy atom. The summed E-state index contributed by atoms with van der Waals surface area (Å²) in [6.45, 7) is 4.87. The molecule has 112 valence electrons. The minimum absolute atomic E-state index is 0.0122. The molecule has 1 aromatic heterocycles. The van der Waals surface area contributed by atoms with E-state index < -0.39 is 0 Å². The molecule has 0 aliphatic heterocycles. The first-order valence-corrected chi connectivity index (χ1v) is 8.97. The zero-order valence-corrected chi connectivity index (χ0v) is 14.0. The first-order valence-electron chi connectivity index (χ1n) is 7.11. The van der Waals surface area contributed by atoms with Crippen molar-refractivity contribution in [3.8, 4) is 0 Å². The molecule has 0 aliphatic rings. The first-order chi connectivity index (χ1) is 10.2. The standard InChI is InChI=1S/C16H20N2OS2/c1-3-4-9-17-15(19)14-7-5-13(6-8-14)11-21-16-18-12(2)10-20-16/h5-8,10H,3-4,9,11H2,1-2H3,(H,17,19). The molecule has 3 nitrogen and oxygen atoms in total. The van der Waals surface area contributed by atoms with Crippen LogP contribution in [0, 0.1) is 6.92 Å². The third-order valence-electron chi connectivity index (χ3n) is 2.99. The Hall–Kier alpha value is -1.33. The average Bonchev–Trinajstić information content (AvgIpc) is 2.91. The molecule has 1 amide bonds. The monoisotopic (exact) mass is 320 g/mol. The van der Waals surface area contributed by atoms with Crippen LogP contribution in [-0.2, 0) is 5.75 Å². The minimum Gasteiger partial charge on any atom is -0.352 e. The van der Waals surface area contributed by atoms with E-state index >= 15 is 0 Å². The molecule has 0 unspecified atom stereocenters. The van der Waals surface area contributed by atoms with E-state index in [0.717, 1.165) is 40.7 Å². The molecule has 0 radical (unpaired) electrons. The van der Waals surface area contributed by atoms with Gasteiger partial charge in [-0.2, -0.15) is 0 Å². The van der Waals surface area contributed by atoms with Crippen LogP contribution in [0.4, 0.5) is 0 Å². The molecule has 0 aliphatic carbocycles. The summed E-state index contributed by atoms with van der Waals surface area (Å²) in [5.74, 6) is 0.892. The fourth-order valence-corrected chi connectivity index (χ4v) is 3.58. The number of rotatable bonds is 7. The maximum atomic E-state index is 11.9. The van der Waals surface area contributed by atoms with E-state index in [0.29, 0.717) is 0 Å². The van der Waals surface area contributed by atoms with Crippen LogP contribution in [0.5, 0.6) is 0 Å². The number of nitrogens with zero attached hydrogens (tertiary/aromatic N) is 1. The van der Waals surface area contributed by atoms with Gasteiger partial charge in [-0.05, 0) is 31.0 Å². The number of aromatic nitrogens is 1. The molecular formula is C16H20N2OS2. The quantitative estimate of drug-likeness (QED) is 0.612. The van der Waals surface area contributed by atoms with Crippen LogP contribution in [0.25, 0.3) is 0 Å². The molecule has 0 fully saturated rings. The molecule has 0 saturated heterocycles. The maximum Gasteiger partial charge on any atom is 0.251 e. The van der Waals surface area contributed by atoms with Crippen molar-refractivity contribution in [1.29, 1.82) is 0 Å². The first kappa shape index (κ1) is 16.0. The highest BCUT2D eigenvalue weighted by atomic mass is 32.2. The third-order valence-corrected chi connectivity index (χ3v) is 5.20. The van der Waals surface area contributed by atoms with Gasteiger partial charge in [0.1, 0.15) is 4.34 Å². The Morgan fingerprint density at radius 1 is 1.33 bits per heavy atom. The summed E-state index contributed by atoms with van der Waals surface area (Å²) in [5.41, 5.74) is 3.00. The van der Waals surface area contributed by atoms with Crippen molar-refractivity contribution >= 4 is 29.0 Å². The third kappa shape index (κ3) is 5.17. The number of carbonyl (C=O) groups is 1. The van der Waals surface area contributed by atoms with E-state index in [4.69, 9.17) is 0 Å². The number of amides is 1. The summed E-state index contributed by atoms with van der Waals surface area (Å²) in [4.78, 5) is 16.3. The number of carbonyl (C=O) groups excluding carboxylic acids is 1. The molecular weight excluding hydrogens is 300 g/mol. The second-order valence-corrected chi connectivity index (χ2v) is 6.93. The summed E-state index contributed by atoms with van der Waals surface area (Å²) in [5, 5.41) is 4.99. The number of benzene rings is 1. The number of thioether (sulfide) groups is 1. The van der Waals surface area contributed by atoms with Gasteiger partial charge in [-0.3, -0.25) is 4.79 Å². The minimum atomic E-state index is 0.0122. The average molecular weight is 320 g/mol. The predicted molar refractivity (Wildman–Crippen MR) is 90.1 cm³/mol. The SMILES string of the molecule is CCCCNC(=O)c1ccc(CSc2nc(C)cs2)cc1. The van der Waals surface area contributed by atoms with Crippen molar-refractivity contribution in [2.45, 2.75) is 36.8 Å². The van der Waals surface area contributed by atoms with Gasteiger partial charge in [0.15, 0.2) is 0 Å². The Balaban J connectivity index is 1.85. The Labute approximate surface area is 134 Å². The van der Waals surface area contributed by atoms with Gasteiger partial charge in [0.05, 0.1) is 0 Å². The van der Waals surface area contributed by atoms with Gasteiger partial charge in [0, 0.05) is 28.9 Å². The van der Waals surface area contributed by atoms with E-state index in [2.05, 4.69) is 22.6 Å². The zero-order valence-electron chi connectivity index (χ0n) is 12.4. The lowest BCUT2D eigenvalue weighted by atomic mass is 10.1. The largest absolute Gasteiger partial charge is 0.352 e. The molecule has 0 spiro atoms. The van der Waals surface area contributed by atoms with Crippen LogP contribution in [0.15, 0.2) is 34.0 Å². The molecule has 1 heterocycles. The summed E-state index contributed by atoms with van der Waals surface area (Å²) < 4.78 is 1.09. The molecule has 1 aromatic carbocycles. The second-order valence-electron chi connectivity index (χ2n) is 4.85. The highest BCUT2D eigenvalue weighted by molar-refractivity contribution is 8.00. The van der Waals surface area contributed by atoms with Gasteiger partial charge in [0.2, 0.25) is 0 Å². The van der Waals surface area contributed by atoms with E-state index in [1.54, 1.807) is 23.1 Å². The van der Waals surface area contributed by atoms with Gasteiger partial charge >= 0.3 is 0 Å². The van der Waals surface area contributed by atoms with E-state index in [1.807, 2.05) is 31.2 Å². The van der Waals surface area contributed by atoms with E-state index in [9.17, 15) is 4.79 Å². The molecule has 1 N–H and O–H groups in total. The lowest BCUT2D eigenvalue weighted by molar-refractivity contribution is 0.0953. The van der Waals surface area contributed by atoms with E-state index in [-0.39, 0.29) is 5.91 Å². The number of unbranched alkanes of at least 4 members (excludes halogenated alkanes) is 1. The second kappa shape index (κ2) is 8.20. The summed E-state index contributed by atoms with van der Waals surface area (Å²) in [6, 6.07) is 7.82. The fraction of sp³-hybridized carbons (Fsp3) is 0.375. The Morgan fingerprint density at radius 3 is 2.71 bits per heavy atom. The molecule has 0 saturated carbocycles. The molecule has 2 aromatic rings. The van der Waals surface area contributed by atoms with Gasteiger partial charge < -0.3 is 5.32 Å². The van der Waals surface area contributed by atoms with Crippen molar-refractivity contribution in [2.24, 2.45) is 0 Å².